The maximum absolute atomic E-state index is 11.7. The minimum atomic E-state index is 0.104. The Morgan fingerprint density at radius 3 is 2.55 bits per heavy atom. The van der Waals surface area contributed by atoms with Gasteiger partial charge in [0.05, 0.1) is 5.02 Å². The average molecular weight is 443 g/mol. The minimum absolute atomic E-state index is 0.104. The molecule has 1 aliphatic rings. The van der Waals surface area contributed by atoms with Crippen LogP contribution < -0.4 is 4.90 Å². The van der Waals surface area contributed by atoms with E-state index in [-0.39, 0.29) is 5.91 Å². The Kier molecular flexibility index (Phi) is 6.38. The highest BCUT2D eigenvalue weighted by Gasteiger charge is 2.25. The summed E-state index contributed by atoms with van der Waals surface area (Å²) < 4.78 is 7.37. The van der Waals surface area contributed by atoms with Gasteiger partial charge in [-0.2, -0.15) is 0 Å². The smallest absolute Gasteiger partial charge is 0.219 e. The van der Waals surface area contributed by atoms with E-state index in [1.54, 1.807) is 14.0 Å². The number of anilines is 1. The molecule has 2 aromatic heterocycles. The molecular formula is C22H27ClN6O2. The molecule has 1 aromatic carbocycles. The lowest BCUT2D eigenvalue weighted by atomic mass is 10.2. The number of halogens is 1. The highest BCUT2D eigenvalue weighted by molar-refractivity contribution is 6.33. The van der Waals surface area contributed by atoms with Crippen LogP contribution in [-0.4, -0.2) is 70.2 Å². The molecule has 0 bridgehead atoms. The molecule has 31 heavy (non-hydrogen) atoms. The van der Waals surface area contributed by atoms with E-state index in [1.807, 2.05) is 36.1 Å². The van der Waals surface area contributed by atoms with Crippen molar-refractivity contribution < 1.29 is 9.53 Å². The van der Waals surface area contributed by atoms with E-state index in [1.165, 1.54) is 0 Å². The zero-order valence-electron chi connectivity index (χ0n) is 18.1. The maximum Gasteiger partial charge on any atom is 0.219 e. The van der Waals surface area contributed by atoms with Crippen molar-refractivity contribution in [3.05, 3.63) is 35.1 Å². The minimum Gasteiger partial charge on any atom is -0.385 e. The second-order valence-corrected chi connectivity index (χ2v) is 8.08. The lowest BCUT2D eigenvalue weighted by Crippen LogP contribution is -2.48. The molecule has 9 heteroatoms. The van der Waals surface area contributed by atoms with E-state index in [0.29, 0.717) is 50.2 Å². The third-order valence-corrected chi connectivity index (χ3v) is 5.89. The fourth-order valence-electron chi connectivity index (χ4n) is 3.97. The van der Waals surface area contributed by atoms with Gasteiger partial charge in [0.15, 0.2) is 17.0 Å². The molecule has 4 rings (SSSR count). The number of aromatic nitrogens is 4. The van der Waals surface area contributed by atoms with Crippen molar-refractivity contribution in [2.24, 2.45) is 0 Å². The topological polar surface area (TPSA) is 76.4 Å². The van der Waals surface area contributed by atoms with Gasteiger partial charge >= 0.3 is 0 Å². The average Bonchev–Trinajstić information content (AvgIpc) is 3.12. The van der Waals surface area contributed by atoms with Gasteiger partial charge in [0.2, 0.25) is 5.91 Å². The quantitative estimate of drug-likeness (QED) is 0.546. The molecule has 0 atom stereocenters. The fraction of sp³-hybridized carbons (Fsp3) is 0.455. The van der Waals surface area contributed by atoms with Gasteiger partial charge in [-0.25, -0.2) is 15.0 Å². The van der Waals surface area contributed by atoms with Gasteiger partial charge < -0.3 is 19.1 Å². The Balaban J connectivity index is 1.81. The Bertz CT molecular complexity index is 1090. The first-order valence-electron chi connectivity index (χ1n) is 10.5. The lowest BCUT2D eigenvalue weighted by Gasteiger charge is -2.34. The number of amides is 1. The number of carbonyl (C=O) groups excluding carboxylic acids is 1. The van der Waals surface area contributed by atoms with E-state index in [2.05, 4.69) is 9.47 Å². The molecule has 3 aromatic rings. The summed E-state index contributed by atoms with van der Waals surface area (Å²) in [5.41, 5.74) is 2.42. The Hall–Kier alpha value is -2.71. The monoisotopic (exact) mass is 442 g/mol. The van der Waals surface area contributed by atoms with E-state index >= 15 is 0 Å². The third-order valence-electron chi connectivity index (χ3n) is 5.56. The van der Waals surface area contributed by atoms with Crippen LogP contribution in [0.2, 0.25) is 5.02 Å². The van der Waals surface area contributed by atoms with Gasteiger partial charge in [-0.1, -0.05) is 23.7 Å². The number of hydrogen-bond acceptors (Lipinski definition) is 6. The van der Waals surface area contributed by atoms with Crippen LogP contribution in [-0.2, 0) is 16.1 Å². The summed E-state index contributed by atoms with van der Waals surface area (Å²) in [7, 11) is 1.70. The largest absolute Gasteiger partial charge is 0.385 e. The molecule has 0 aliphatic carbocycles. The molecule has 0 spiro atoms. The first-order chi connectivity index (χ1) is 15.0. The highest BCUT2D eigenvalue weighted by Crippen LogP contribution is 2.33. The normalized spacial score (nSPS) is 14.5. The molecule has 0 radical (unpaired) electrons. The van der Waals surface area contributed by atoms with Crippen molar-refractivity contribution in [2.75, 3.05) is 44.8 Å². The fourth-order valence-corrected chi connectivity index (χ4v) is 4.19. The standard InChI is InChI=1S/C22H27ClN6O2/c1-15-24-21(28-12-10-27(11-13-28)16(2)30)19-22(25-15)29(9-6-14-31-3)20(26-19)17-7-4-5-8-18(17)23/h4-5,7-8H,6,9-14H2,1-3H3. The van der Waals surface area contributed by atoms with Crippen molar-refractivity contribution in [3.8, 4) is 11.4 Å². The SMILES string of the molecule is COCCCn1c(-c2ccccc2Cl)nc2c(N3CCN(C(C)=O)CC3)nc(C)nc21. The number of rotatable bonds is 6. The molecule has 1 aliphatic heterocycles. The number of aryl methyl sites for hydroxylation is 2. The molecule has 0 unspecified atom stereocenters. The highest BCUT2D eigenvalue weighted by atomic mass is 35.5. The zero-order chi connectivity index (χ0) is 22.0. The van der Waals surface area contributed by atoms with Gasteiger partial charge in [0.25, 0.3) is 0 Å². The number of imidazole rings is 1. The summed E-state index contributed by atoms with van der Waals surface area (Å²) in [4.78, 5) is 30.2. The van der Waals surface area contributed by atoms with Crippen molar-refractivity contribution >= 4 is 34.5 Å². The van der Waals surface area contributed by atoms with E-state index in [4.69, 9.17) is 31.3 Å². The molecule has 1 amide bonds. The predicted octanol–water partition coefficient (Wildman–Crippen LogP) is 3.16. The molecule has 0 N–H and O–H groups in total. The first kappa shape index (κ1) is 21.5. The predicted molar refractivity (Wildman–Crippen MR) is 121 cm³/mol. The number of fused-ring (bicyclic) bond motifs is 1. The van der Waals surface area contributed by atoms with Gasteiger partial charge in [-0.15, -0.1) is 0 Å². The Morgan fingerprint density at radius 1 is 1.13 bits per heavy atom. The second-order valence-electron chi connectivity index (χ2n) is 7.67. The summed E-state index contributed by atoms with van der Waals surface area (Å²) in [5.74, 6) is 2.38. The number of hydrogen-bond donors (Lipinski definition) is 0. The van der Waals surface area contributed by atoms with Crippen LogP contribution in [0.25, 0.3) is 22.6 Å². The number of piperazine rings is 1. The van der Waals surface area contributed by atoms with Crippen molar-refractivity contribution in [3.63, 3.8) is 0 Å². The summed E-state index contributed by atoms with van der Waals surface area (Å²) in [6.07, 6.45) is 0.828. The summed E-state index contributed by atoms with van der Waals surface area (Å²) in [5, 5.41) is 0.645. The van der Waals surface area contributed by atoms with Gasteiger partial charge in [0.1, 0.15) is 11.6 Å². The van der Waals surface area contributed by atoms with E-state index < -0.39 is 0 Å². The number of carbonyl (C=O) groups is 1. The van der Waals surface area contributed by atoms with E-state index in [9.17, 15) is 4.79 Å². The van der Waals surface area contributed by atoms with Crippen LogP contribution in [0, 0.1) is 6.92 Å². The van der Waals surface area contributed by atoms with E-state index in [0.717, 1.165) is 34.8 Å². The number of methoxy groups -OCH3 is 1. The van der Waals surface area contributed by atoms with Crippen LogP contribution in [0.15, 0.2) is 24.3 Å². The molecule has 164 valence electrons. The first-order valence-corrected chi connectivity index (χ1v) is 10.9. The zero-order valence-corrected chi connectivity index (χ0v) is 18.9. The molecule has 1 fully saturated rings. The van der Waals surface area contributed by atoms with Gasteiger partial charge in [-0.05, 0) is 25.5 Å². The summed E-state index contributed by atoms with van der Waals surface area (Å²) in [6.45, 7) is 7.63. The maximum atomic E-state index is 11.7. The molecule has 0 saturated carbocycles. The Morgan fingerprint density at radius 2 is 1.87 bits per heavy atom. The van der Waals surface area contributed by atoms with Crippen LogP contribution in [0.1, 0.15) is 19.2 Å². The van der Waals surface area contributed by atoms with Crippen LogP contribution in [0.4, 0.5) is 5.82 Å². The second kappa shape index (κ2) is 9.20. The molecule has 1 saturated heterocycles. The van der Waals surface area contributed by atoms with Gasteiger partial charge in [-0.3, -0.25) is 4.79 Å². The van der Waals surface area contributed by atoms with Crippen molar-refractivity contribution in [2.45, 2.75) is 26.8 Å². The number of ether oxygens (including phenoxy) is 1. The Labute approximate surface area is 186 Å². The van der Waals surface area contributed by atoms with Crippen molar-refractivity contribution in [1.29, 1.82) is 0 Å². The third kappa shape index (κ3) is 4.36. The summed E-state index contributed by atoms with van der Waals surface area (Å²) in [6, 6.07) is 7.71. The lowest BCUT2D eigenvalue weighted by molar-refractivity contribution is -0.129. The number of nitrogens with zero attached hydrogens (tertiary/aromatic N) is 6. The van der Waals surface area contributed by atoms with Crippen molar-refractivity contribution in [1.82, 2.24) is 24.4 Å². The van der Waals surface area contributed by atoms with Crippen LogP contribution >= 0.6 is 11.6 Å². The number of benzene rings is 1. The van der Waals surface area contributed by atoms with Crippen LogP contribution in [0.5, 0.6) is 0 Å². The molecule has 3 heterocycles. The molecule has 8 nitrogen and oxygen atoms in total. The molecular weight excluding hydrogens is 416 g/mol. The van der Waals surface area contributed by atoms with Gasteiger partial charge in [0, 0.05) is 58.9 Å². The van der Waals surface area contributed by atoms with Crippen LogP contribution in [0.3, 0.4) is 0 Å². The summed E-state index contributed by atoms with van der Waals surface area (Å²) >= 11 is 6.52.